The zero-order chi connectivity index (χ0) is 13.1. The second kappa shape index (κ2) is 5.44. The molecule has 0 aromatic carbocycles. The van der Waals surface area contributed by atoms with Crippen LogP contribution in [0.15, 0.2) is 17.4 Å². The minimum Gasteiger partial charge on any atom is -0.409 e. The fraction of sp³-hybridized carbons (Fsp3) is 0.500. The van der Waals surface area contributed by atoms with Crippen LogP contribution in [0.2, 0.25) is 5.02 Å². The van der Waals surface area contributed by atoms with Crippen molar-refractivity contribution in [2.75, 3.05) is 18.0 Å². The number of halogens is 1. The Morgan fingerprint density at radius 3 is 3.11 bits per heavy atom. The van der Waals surface area contributed by atoms with Gasteiger partial charge in [-0.3, -0.25) is 0 Å². The molecular weight excluding hydrogens is 252 g/mol. The molecule has 0 saturated carbocycles. The Balaban J connectivity index is 2.33. The summed E-state index contributed by atoms with van der Waals surface area (Å²) in [6, 6.07) is 1.65. The Morgan fingerprint density at radius 1 is 1.67 bits per heavy atom. The van der Waals surface area contributed by atoms with Crippen LogP contribution in [0.25, 0.3) is 0 Å². The molecule has 98 valence electrons. The lowest BCUT2D eigenvalue weighted by Gasteiger charge is -2.32. The number of nitrogens with zero attached hydrogens (tertiary/aromatic N) is 3. The molecule has 1 saturated heterocycles. The molecule has 1 atom stereocenters. The molecule has 18 heavy (non-hydrogen) atoms. The fourth-order valence-electron chi connectivity index (χ4n) is 2.29. The van der Waals surface area contributed by atoms with Gasteiger partial charge in [0.2, 0.25) is 0 Å². The number of hydrogen-bond donors (Lipinski definition) is 2. The number of oxime groups is 1. The quantitative estimate of drug-likeness (QED) is 0.373. The number of nitrogens with two attached hydrogens (primary N) is 1. The smallest absolute Gasteiger partial charge is 0.171 e. The standard InChI is InChI=1S/C12H17ClN4O/c1-8-3-2-6-17(7-8)12-10(13)9(4-5-15-12)11(14)16-18/h4-5,8,18H,2-3,6-7H2,1H3,(H2,14,16). The molecule has 1 fully saturated rings. The van der Waals surface area contributed by atoms with Crippen LogP contribution in [0.5, 0.6) is 0 Å². The summed E-state index contributed by atoms with van der Waals surface area (Å²) in [5.74, 6) is 1.35. The predicted octanol–water partition coefficient (Wildman–Crippen LogP) is 2.07. The zero-order valence-electron chi connectivity index (χ0n) is 10.3. The largest absolute Gasteiger partial charge is 0.409 e. The molecular formula is C12H17ClN4O. The number of piperidine rings is 1. The van der Waals surface area contributed by atoms with Gasteiger partial charge in [-0.15, -0.1) is 0 Å². The van der Waals surface area contributed by atoms with E-state index in [1.807, 2.05) is 0 Å². The van der Waals surface area contributed by atoms with E-state index in [4.69, 9.17) is 22.5 Å². The summed E-state index contributed by atoms with van der Waals surface area (Å²) >= 11 is 6.29. The highest BCUT2D eigenvalue weighted by atomic mass is 35.5. The Labute approximate surface area is 111 Å². The average molecular weight is 269 g/mol. The molecule has 2 rings (SSSR count). The van der Waals surface area contributed by atoms with Gasteiger partial charge in [0.1, 0.15) is 5.82 Å². The molecule has 1 aromatic heterocycles. The maximum Gasteiger partial charge on any atom is 0.171 e. The summed E-state index contributed by atoms with van der Waals surface area (Å²) in [5, 5.41) is 12.2. The number of amidine groups is 1. The van der Waals surface area contributed by atoms with E-state index in [1.54, 1.807) is 12.3 Å². The van der Waals surface area contributed by atoms with Crippen LogP contribution in [-0.2, 0) is 0 Å². The maximum atomic E-state index is 8.73. The highest BCUT2D eigenvalue weighted by Gasteiger charge is 2.21. The lowest BCUT2D eigenvalue weighted by Crippen LogP contribution is -2.35. The number of rotatable bonds is 2. The van der Waals surface area contributed by atoms with Gasteiger partial charge in [0.15, 0.2) is 5.84 Å². The highest BCUT2D eigenvalue weighted by Crippen LogP contribution is 2.30. The van der Waals surface area contributed by atoms with E-state index in [-0.39, 0.29) is 5.84 Å². The summed E-state index contributed by atoms with van der Waals surface area (Å²) in [7, 11) is 0. The third-order valence-corrected chi connectivity index (χ3v) is 3.58. The maximum absolute atomic E-state index is 8.73. The van der Waals surface area contributed by atoms with Crippen molar-refractivity contribution in [2.45, 2.75) is 19.8 Å². The first-order chi connectivity index (χ1) is 8.63. The first kappa shape index (κ1) is 13.0. The van der Waals surface area contributed by atoms with Gasteiger partial charge in [-0.05, 0) is 24.8 Å². The van der Waals surface area contributed by atoms with Crippen molar-refractivity contribution in [1.82, 2.24) is 4.98 Å². The Hall–Kier alpha value is -1.49. The number of hydrogen-bond acceptors (Lipinski definition) is 4. The first-order valence-corrected chi connectivity index (χ1v) is 6.38. The van der Waals surface area contributed by atoms with Crippen molar-refractivity contribution in [3.05, 3.63) is 22.8 Å². The molecule has 1 unspecified atom stereocenters. The topological polar surface area (TPSA) is 74.7 Å². The molecule has 0 aliphatic carbocycles. The molecule has 1 aromatic rings. The minimum atomic E-state index is 0.00806. The van der Waals surface area contributed by atoms with Crippen LogP contribution in [0.1, 0.15) is 25.3 Å². The molecule has 5 nitrogen and oxygen atoms in total. The zero-order valence-corrected chi connectivity index (χ0v) is 11.1. The van der Waals surface area contributed by atoms with Crippen molar-refractivity contribution in [2.24, 2.45) is 16.8 Å². The Kier molecular flexibility index (Phi) is 3.91. The third kappa shape index (κ3) is 2.51. The fourth-order valence-corrected chi connectivity index (χ4v) is 2.61. The van der Waals surface area contributed by atoms with E-state index in [9.17, 15) is 0 Å². The molecule has 0 amide bonds. The van der Waals surface area contributed by atoms with E-state index in [2.05, 4.69) is 22.0 Å². The van der Waals surface area contributed by atoms with Crippen LogP contribution in [0.4, 0.5) is 5.82 Å². The van der Waals surface area contributed by atoms with E-state index >= 15 is 0 Å². The van der Waals surface area contributed by atoms with Gasteiger partial charge in [-0.2, -0.15) is 0 Å². The summed E-state index contributed by atoms with van der Waals surface area (Å²) < 4.78 is 0. The van der Waals surface area contributed by atoms with Crippen molar-refractivity contribution < 1.29 is 5.21 Å². The molecule has 2 heterocycles. The average Bonchev–Trinajstić information content (AvgIpc) is 2.38. The molecule has 3 N–H and O–H groups in total. The van der Waals surface area contributed by atoms with E-state index in [0.29, 0.717) is 22.3 Å². The summed E-state index contributed by atoms with van der Waals surface area (Å²) in [6.07, 6.45) is 3.99. The normalized spacial score (nSPS) is 21.1. The lowest BCUT2D eigenvalue weighted by atomic mass is 10.0. The summed E-state index contributed by atoms with van der Waals surface area (Å²) in [4.78, 5) is 6.47. The second-order valence-electron chi connectivity index (χ2n) is 4.67. The predicted molar refractivity (Wildman–Crippen MR) is 72.4 cm³/mol. The van der Waals surface area contributed by atoms with Crippen molar-refractivity contribution in [1.29, 1.82) is 0 Å². The van der Waals surface area contributed by atoms with Crippen molar-refractivity contribution >= 4 is 23.3 Å². The van der Waals surface area contributed by atoms with Crippen LogP contribution in [-0.4, -0.2) is 29.1 Å². The molecule has 0 radical (unpaired) electrons. The van der Waals surface area contributed by atoms with Gasteiger partial charge in [0, 0.05) is 24.8 Å². The number of pyridine rings is 1. The van der Waals surface area contributed by atoms with Gasteiger partial charge in [0.05, 0.1) is 5.02 Å². The molecule has 0 spiro atoms. The molecule has 0 bridgehead atoms. The van der Waals surface area contributed by atoms with Crippen LogP contribution >= 0.6 is 11.6 Å². The van der Waals surface area contributed by atoms with E-state index in [0.717, 1.165) is 19.5 Å². The van der Waals surface area contributed by atoms with E-state index < -0.39 is 0 Å². The van der Waals surface area contributed by atoms with Crippen molar-refractivity contribution in [3.8, 4) is 0 Å². The van der Waals surface area contributed by atoms with Gasteiger partial charge >= 0.3 is 0 Å². The Bertz CT molecular complexity index is 463. The van der Waals surface area contributed by atoms with E-state index in [1.165, 1.54) is 6.42 Å². The molecule has 6 heteroatoms. The van der Waals surface area contributed by atoms with Crippen LogP contribution in [0, 0.1) is 5.92 Å². The van der Waals surface area contributed by atoms with Crippen molar-refractivity contribution in [3.63, 3.8) is 0 Å². The van der Waals surface area contributed by atoms with Crippen LogP contribution in [0.3, 0.4) is 0 Å². The monoisotopic (exact) mass is 268 g/mol. The summed E-state index contributed by atoms with van der Waals surface area (Å²) in [6.45, 7) is 4.09. The lowest BCUT2D eigenvalue weighted by molar-refractivity contribution is 0.318. The number of anilines is 1. The second-order valence-corrected chi connectivity index (χ2v) is 5.05. The highest BCUT2D eigenvalue weighted by molar-refractivity contribution is 6.36. The van der Waals surface area contributed by atoms with Crippen LogP contribution < -0.4 is 10.6 Å². The van der Waals surface area contributed by atoms with Gasteiger partial charge in [-0.1, -0.05) is 23.7 Å². The SMILES string of the molecule is CC1CCCN(c2nccc(/C(N)=N/O)c2Cl)C1. The first-order valence-electron chi connectivity index (χ1n) is 6.00. The molecule has 1 aliphatic rings. The number of aromatic nitrogens is 1. The Morgan fingerprint density at radius 2 is 2.44 bits per heavy atom. The minimum absolute atomic E-state index is 0.00806. The summed E-state index contributed by atoms with van der Waals surface area (Å²) in [5.41, 5.74) is 6.11. The molecule has 1 aliphatic heterocycles. The third-order valence-electron chi connectivity index (χ3n) is 3.21. The van der Waals surface area contributed by atoms with Gasteiger partial charge in [0.25, 0.3) is 0 Å². The van der Waals surface area contributed by atoms with Gasteiger partial charge < -0.3 is 15.8 Å². The van der Waals surface area contributed by atoms with Gasteiger partial charge in [-0.25, -0.2) is 4.98 Å².